The van der Waals surface area contributed by atoms with E-state index in [2.05, 4.69) is 16.8 Å². The van der Waals surface area contributed by atoms with Crippen molar-refractivity contribution in [2.75, 3.05) is 0 Å². The van der Waals surface area contributed by atoms with Gasteiger partial charge in [0.25, 0.3) is 0 Å². The second-order valence-electron chi connectivity index (χ2n) is 7.09. The molecule has 0 spiro atoms. The summed E-state index contributed by atoms with van der Waals surface area (Å²) in [7, 11) is 0. The van der Waals surface area contributed by atoms with Gasteiger partial charge in [-0.15, -0.1) is 0 Å². The Morgan fingerprint density at radius 3 is 2.31 bits per heavy atom. The average Bonchev–Trinajstić information content (AvgIpc) is 3.22. The van der Waals surface area contributed by atoms with E-state index in [0.717, 1.165) is 38.9 Å². The molecule has 0 saturated heterocycles. The van der Waals surface area contributed by atoms with Gasteiger partial charge >= 0.3 is 0 Å². The maximum absolute atomic E-state index is 13.3. The number of hydrogen-bond donors (Lipinski definition) is 1. The summed E-state index contributed by atoms with van der Waals surface area (Å²) in [6.45, 7) is 4.01. The molecule has 3 aromatic carbocycles. The van der Waals surface area contributed by atoms with Crippen molar-refractivity contribution in [3.63, 3.8) is 0 Å². The highest BCUT2D eigenvalue weighted by atomic mass is 16.1. The topological polar surface area (TPSA) is 32.9 Å². The van der Waals surface area contributed by atoms with Crippen molar-refractivity contribution >= 4 is 5.78 Å². The second-order valence-corrected chi connectivity index (χ2v) is 7.09. The lowest BCUT2D eigenvalue weighted by Crippen LogP contribution is -2.04. The maximum Gasteiger partial charge on any atom is 0.195 e. The standard InChI is InChI=1S/C27H21NO/c1-19-12-15-23(20(2)16-19)27(29)26-18-28-17-25(26)24-11-7-6-10-22(24)14-13-21-8-4-3-5-9-21/h3-12,15-18,28H,1-2H3. The number of aryl methyl sites for hydroxylation is 2. The molecule has 4 aromatic rings. The van der Waals surface area contributed by atoms with Crippen molar-refractivity contribution in [1.82, 2.24) is 4.98 Å². The fraction of sp³-hybridized carbons (Fsp3) is 0.0741. The number of benzene rings is 3. The van der Waals surface area contributed by atoms with Crippen LogP contribution in [0.25, 0.3) is 11.1 Å². The summed E-state index contributed by atoms with van der Waals surface area (Å²) in [5.41, 5.74) is 7.19. The molecule has 0 amide bonds. The highest BCUT2D eigenvalue weighted by molar-refractivity contribution is 6.13. The smallest absolute Gasteiger partial charge is 0.195 e. The third-order valence-electron chi connectivity index (χ3n) is 4.95. The predicted octanol–water partition coefficient (Wildman–Crippen LogP) is 5.93. The number of carbonyl (C=O) groups is 1. The van der Waals surface area contributed by atoms with Gasteiger partial charge in [-0.3, -0.25) is 4.79 Å². The van der Waals surface area contributed by atoms with Crippen LogP contribution in [0.1, 0.15) is 38.2 Å². The number of hydrogen-bond acceptors (Lipinski definition) is 1. The fourth-order valence-electron chi connectivity index (χ4n) is 3.48. The summed E-state index contributed by atoms with van der Waals surface area (Å²) in [6, 6.07) is 23.8. The lowest BCUT2D eigenvalue weighted by molar-refractivity contribution is 0.103. The molecule has 0 aliphatic carbocycles. The van der Waals surface area contributed by atoms with Gasteiger partial charge in [-0.05, 0) is 43.2 Å². The summed E-state index contributed by atoms with van der Waals surface area (Å²) in [4.78, 5) is 16.4. The van der Waals surface area contributed by atoms with Gasteiger partial charge in [0.05, 0.1) is 0 Å². The van der Waals surface area contributed by atoms with Gasteiger partial charge < -0.3 is 4.98 Å². The minimum absolute atomic E-state index is 0.0181. The van der Waals surface area contributed by atoms with Gasteiger partial charge in [-0.25, -0.2) is 0 Å². The van der Waals surface area contributed by atoms with Crippen molar-refractivity contribution in [2.24, 2.45) is 0 Å². The zero-order chi connectivity index (χ0) is 20.2. The molecule has 2 nitrogen and oxygen atoms in total. The lowest BCUT2D eigenvalue weighted by Gasteiger charge is -2.09. The molecule has 2 heteroatoms. The molecule has 0 bridgehead atoms. The number of aromatic amines is 1. The van der Waals surface area contributed by atoms with Crippen molar-refractivity contribution < 1.29 is 4.79 Å². The minimum atomic E-state index is 0.0181. The number of nitrogens with one attached hydrogen (secondary N) is 1. The summed E-state index contributed by atoms with van der Waals surface area (Å²) in [5, 5.41) is 0. The molecule has 140 valence electrons. The molecule has 1 heterocycles. The number of rotatable bonds is 3. The molecular weight excluding hydrogens is 354 g/mol. The van der Waals surface area contributed by atoms with E-state index < -0.39 is 0 Å². The normalized spacial score (nSPS) is 10.3. The zero-order valence-corrected chi connectivity index (χ0v) is 16.5. The van der Waals surface area contributed by atoms with Crippen LogP contribution in [-0.2, 0) is 0 Å². The van der Waals surface area contributed by atoms with Gasteiger partial charge in [0.1, 0.15) is 0 Å². The van der Waals surface area contributed by atoms with Crippen LogP contribution in [-0.4, -0.2) is 10.8 Å². The molecule has 29 heavy (non-hydrogen) atoms. The van der Waals surface area contributed by atoms with Crippen LogP contribution in [0.4, 0.5) is 0 Å². The Morgan fingerprint density at radius 2 is 1.52 bits per heavy atom. The Bertz CT molecular complexity index is 1240. The van der Waals surface area contributed by atoms with E-state index in [1.807, 2.05) is 92.8 Å². The third-order valence-corrected chi connectivity index (χ3v) is 4.95. The monoisotopic (exact) mass is 375 g/mol. The van der Waals surface area contributed by atoms with E-state index >= 15 is 0 Å². The second kappa shape index (κ2) is 8.04. The summed E-state index contributed by atoms with van der Waals surface area (Å²) < 4.78 is 0. The van der Waals surface area contributed by atoms with E-state index in [1.54, 1.807) is 6.20 Å². The van der Waals surface area contributed by atoms with Gasteiger partial charge in [0.2, 0.25) is 0 Å². The zero-order valence-electron chi connectivity index (χ0n) is 16.5. The van der Waals surface area contributed by atoms with Crippen LogP contribution in [0.3, 0.4) is 0 Å². The van der Waals surface area contributed by atoms with Crippen LogP contribution in [0, 0.1) is 25.7 Å². The van der Waals surface area contributed by atoms with E-state index in [1.165, 1.54) is 0 Å². The molecule has 0 fully saturated rings. The van der Waals surface area contributed by atoms with Crippen LogP contribution >= 0.6 is 0 Å². The SMILES string of the molecule is Cc1ccc(C(=O)c2c[nH]cc2-c2ccccc2C#Cc2ccccc2)c(C)c1. The van der Waals surface area contributed by atoms with Gasteiger partial charge in [-0.2, -0.15) is 0 Å². The van der Waals surface area contributed by atoms with Crippen molar-refractivity contribution in [3.8, 4) is 23.0 Å². The fourth-order valence-corrected chi connectivity index (χ4v) is 3.48. The average molecular weight is 375 g/mol. The van der Waals surface area contributed by atoms with Gasteiger partial charge in [0, 0.05) is 40.2 Å². The van der Waals surface area contributed by atoms with Crippen molar-refractivity contribution in [3.05, 3.63) is 119 Å². The summed E-state index contributed by atoms with van der Waals surface area (Å²) in [5.74, 6) is 6.50. The van der Waals surface area contributed by atoms with Gasteiger partial charge in [-0.1, -0.05) is 72.0 Å². The van der Waals surface area contributed by atoms with Crippen LogP contribution in [0.2, 0.25) is 0 Å². The number of aromatic nitrogens is 1. The Morgan fingerprint density at radius 1 is 0.759 bits per heavy atom. The first-order valence-corrected chi connectivity index (χ1v) is 9.58. The summed E-state index contributed by atoms with van der Waals surface area (Å²) in [6.07, 6.45) is 3.65. The maximum atomic E-state index is 13.3. The molecule has 0 saturated carbocycles. The number of carbonyl (C=O) groups excluding carboxylic acids is 1. The Balaban J connectivity index is 1.76. The molecule has 0 radical (unpaired) electrons. The minimum Gasteiger partial charge on any atom is -0.366 e. The molecule has 4 rings (SSSR count). The largest absolute Gasteiger partial charge is 0.366 e. The molecule has 1 aromatic heterocycles. The van der Waals surface area contributed by atoms with E-state index in [9.17, 15) is 4.79 Å². The molecule has 0 aliphatic rings. The molecule has 0 atom stereocenters. The van der Waals surface area contributed by atoms with Gasteiger partial charge in [0.15, 0.2) is 5.78 Å². The van der Waals surface area contributed by atoms with E-state index in [-0.39, 0.29) is 5.78 Å². The predicted molar refractivity (Wildman–Crippen MR) is 118 cm³/mol. The van der Waals surface area contributed by atoms with E-state index in [4.69, 9.17) is 0 Å². The molecular formula is C27H21NO. The lowest BCUT2D eigenvalue weighted by atomic mass is 9.93. The number of ketones is 1. The third kappa shape index (κ3) is 3.90. The van der Waals surface area contributed by atoms with Crippen molar-refractivity contribution in [2.45, 2.75) is 13.8 Å². The first-order valence-electron chi connectivity index (χ1n) is 9.58. The molecule has 0 unspecified atom stereocenters. The quantitative estimate of drug-likeness (QED) is 0.349. The van der Waals surface area contributed by atoms with Crippen molar-refractivity contribution in [1.29, 1.82) is 0 Å². The Kier molecular flexibility index (Phi) is 5.14. The van der Waals surface area contributed by atoms with E-state index in [0.29, 0.717) is 5.56 Å². The summed E-state index contributed by atoms with van der Waals surface area (Å²) >= 11 is 0. The number of H-pyrrole nitrogens is 1. The highest BCUT2D eigenvalue weighted by Crippen LogP contribution is 2.29. The first kappa shape index (κ1) is 18.5. The van der Waals surface area contributed by atoms with Crippen LogP contribution in [0.5, 0.6) is 0 Å². The molecule has 0 aliphatic heterocycles. The molecule has 1 N–H and O–H groups in total. The first-order chi connectivity index (χ1) is 14.1. The van der Waals surface area contributed by atoms with Crippen LogP contribution < -0.4 is 0 Å². The highest BCUT2D eigenvalue weighted by Gasteiger charge is 2.18. The Labute approximate surface area is 171 Å². The Hall–Kier alpha value is -3.83. The van der Waals surface area contributed by atoms with Crippen LogP contribution in [0.15, 0.2) is 85.2 Å².